The number of benzene rings is 2. The average Bonchev–Trinajstić information content (AvgIpc) is 2.79. The highest BCUT2D eigenvalue weighted by Gasteiger charge is 2.24. The van der Waals surface area contributed by atoms with Crippen LogP contribution < -0.4 is 15.5 Å². The van der Waals surface area contributed by atoms with Crippen LogP contribution in [0.25, 0.3) is 0 Å². The van der Waals surface area contributed by atoms with Crippen LogP contribution in [0.15, 0.2) is 54.6 Å². The number of aryl methyl sites for hydroxylation is 1. The van der Waals surface area contributed by atoms with Crippen molar-refractivity contribution in [3.8, 4) is 0 Å². The Morgan fingerprint density at radius 3 is 2.29 bits per heavy atom. The van der Waals surface area contributed by atoms with Gasteiger partial charge in [0.25, 0.3) is 5.91 Å². The molecule has 31 heavy (non-hydrogen) atoms. The Labute approximate surface area is 186 Å². The maximum Gasteiger partial charge on any atom is 0.253 e. The summed E-state index contributed by atoms with van der Waals surface area (Å²) < 4.78 is 0. The van der Waals surface area contributed by atoms with Gasteiger partial charge in [0.2, 0.25) is 5.91 Å². The highest BCUT2D eigenvalue weighted by Crippen LogP contribution is 2.24. The van der Waals surface area contributed by atoms with E-state index in [1.807, 2.05) is 49.4 Å². The molecule has 3 rings (SSSR count). The maximum absolute atomic E-state index is 12.8. The largest absolute Gasteiger partial charge is 0.371 e. The molecule has 2 N–H and O–H groups in total. The van der Waals surface area contributed by atoms with Gasteiger partial charge in [-0.25, -0.2) is 0 Å². The fourth-order valence-electron chi connectivity index (χ4n) is 3.86. The van der Waals surface area contributed by atoms with Crippen LogP contribution in [-0.2, 0) is 11.2 Å². The van der Waals surface area contributed by atoms with Gasteiger partial charge in [-0.05, 0) is 49.8 Å². The summed E-state index contributed by atoms with van der Waals surface area (Å²) >= 11 is 0. The molecule has 5 heteroatoms. The van der Waals surface area contributed by atoms with E-state index >= 15 is 0 Å². The number of anilines is 1. The highest BCUT2D eigenvalue weighted by atomic mass is 16.2. The Bertz CT molecular complexity index is 858. The summed E-state index contributed by atoms with van der Waals surface area (Å²) in [5.74, 6) is 0.482. The zero-order valence-corrected chi connectivity index (χ0v) is 18.9. The molecule has 2 amide bonds. The van der Waals surface area contributed by atoms with Gasteiger partial charge in [-0.3, -0.25) is 9.59 Å². The molecule has 0 spiro atoms. The van der Waals surface area contributed by atoms with Crippen LogP contribution in [-0.4, -0.2) is 37.0 Å². The van der Waals surface area contributed by atoms with E-state index < -0.39 is 0 Å². The smallest absolute Gasteiger partial charge is 0.253 e. The van der Waals surface area contributed by atoms with Crippen LogP contribution >= 0.6 is 0 Å². The number of piperidine rings is 1. The van der Waals surface area contributed by atoms with Gasteiger partial charge < -0.3 is 15.5 Å². The molecule has 1 aliphatic heterocycles. The number of hydrogen-bond donors (Lipinski definition) is 2. The first-order chi connectivity index (χ1) is 14.9. The minimum absolute atomic E-state index is 0.0202. The van der Waals surface area contributed by atoms with Gasteiger partial charge in [-0.2, -0.15) is 0 Å². The summed E-state index contributed by atoms with van der Waals surface area (Å²) in [6.07, 6.45) is 3.05. The van der Waals surface area contributed by atoms with Crippen LogP contribution in [0.5, 0.6) is 0 Å². The number of hydrogen-bond acceptors (Lipinski definition) is 3. The Morgan fingerprint density at radius 1 is 0.968 bits per heavy atom. The predicted molar refractivity (Wildman–Crippen MR) is 126 cm³/mol. The Kier molecular flexibility index (Phi) is 8.10. The van der Waals surface area contributed by atoms with Crippen LogP contribution in [0.1, 0.15) is 56.0 Å². The lowest BCUT2D eigenvalue weighted by Gasteiger charge is -2.35. The van der Waals surface area contributed by atoms with E-state index in [4.69, 9.17) is 0 Å². The van der Waals surface area contributed by atoms with Crippen LogP contribution in [0.4, 0.5) is 5.69 Å². The topological polar surface area (TPSA) is 61.4 Å². The first-order valence-corrected chi connectivity index (χ1v) is 11.4. The van der Waals surface area contributed by atoms with Crippen LogP contribution in [0, 0.1) is 5.92 Å². The van der Waals surface area contributed by atoms with E-state index in [0.29, 0.717) is 12.3 Å². The van der Waals surface area contributed by atoms with E-state index in [-0.39, 0.29) is 23.9 Å². The van der Waals surface area contributed by atoms with Gasteiger partial charge in [0, 0.05) is 37.3 Å². The minimum atomic E-state index is -0.0202. The molecule has 2 aromatic carbocycles. The fourth-order valence-corrected chi connectivity index (χ4v) is 3.86. The average molecular weight is 422 g/mol. The molecule has 1 saturated heterocycles. The number of nitrogens with zero attached hydrogens (tertiary/aromatic N) is 1. The minimum Gasteiger partial charge on any atom is -0.371 e. The quantitative estimate of drug-likeness (QED) is 0.672. The van der Waals surface area contributed by atoms with Crippen molar-refractivity contribution < 1.29 is 9.59 Å². The van der Waals surface area contributed by atoms with Gasteiger partial charge in [-0.15, -0.1) is 0 Å². The summed E-state index contributed by atoms with van der Waals surface area (Å²) in [6.45, 7) is 7.91. The molecule has 0 aliphatic carbocycles. The van der Waals surface area contributed by atoms with Crippen molar-refractivity contribution in [3.05, 3.63) is 65.7 Å². The van der Waals surface area contributed by atoms with Crippen LogP contribution in [0.2, 0.25) is 0 Å². The molecule has 0 aromatic heterocycles. The standard InChI is InChI=1S/C26H35N3O2/c1-19(2)20(3)27-26(31)23-11-7-8-12-24(23)29-17-15-22(16-18-29)28-25(30)14-13-21-9-5-4-6-10-21/h4-12,19-20,22H,13-18H2,1-3H3,(H,27,31)(H,28,30)/t20-/m0/s1. The van der Waals surface area contributed by atoms with E-state index in [1.54, 1.807) is 0 Å². The summed E-state index contributed by atoms with van der Waals surface area (Å²) in [5, 5.41) is 6.31. The van der Waals surface area contributed by atoms with E-state index in [1.165, 1.54) is 5.56 Å². The third-order valence-electron chi connectivity index (χ3n) is 6.19. The molecule has 166 valence electrons. The van der Waals surface area contributed by atoms with E-state index in [0.717, 1.165) is 43.6 Å². The number of para-hydroxylation sites is 1. The van der Waals surface area contributed by atoms with Crippen molar-refractivity contribution in [1.29, 1.82) is 0 Å². The molecule has 0 bridgehead atoms. The number of carbonyl (C=O) groups excluding carboxylic acids is 2. The van der Waals surface area contributed by atoms with Crippen molar-refractivity contribution in [3.63, 3.8) is 0 Å². The lowest BCUT2D eigenvalue weighted by atomic mass is 10.0. The Balaban J connectivity index is 1.51. The molecule has 1 atom stereocenters. The van der Waals surface area contributed by atoms with Crippen molar-refractivity contribution in [2.75, 3.05) is 18.0 Å². The lowest BCUT2D eigenvalue weighted by Crippen LogP contribution is -2.45. The van der Waals surface area contributed by atoms with Gasteiger partial charge in [0.05, 0.1) is 5.56 Å². The van der Waals surface area contributed by atoms with E-state index in [2.05, 4.69) is 41.5 Å². The third-order valence-corrected chi connectivity index (χ3v) is 6.19. The number of amides is 2. The monoisotopic (exact) mass is 421 g/mol. The molecule has 0 saturated carbocycles. The van der Waals surface area contributed by atoms with Crippen LogP contribution in [0.3, 0.4) is 0 Å². The van der Waals surface area contributed by atoms with Crippen molar-refractivity contribution in [1.82, 2.24) is 10.6 Å². The molecule has 1 heterocycles. The second kappa shape index (κ2) is 11.0. The lowest BCUT2D eigenvalue weighted by molar-refractivity contribution is -0.121. The first kappa shape index (κ1) is 22.9. The second-order valence-corrected chi connectivity index (χ2v) is 8.84. The molecule has 0 unspecified atom stereocenters. The normalized spacial score (nSPS) is 15.5. The number of nitrogens with one attached hydrogen (secondary N) is 2. The third kappa shape index (κ3) is 6.58. The van der Waals surface area contributed by atoms with E-state index in [9.17, 15) is 9.59 Å². The molecule has 5 nitrogen and oxygen atoms in total. The van der Waals surface area contributed by atoms with Crippen molar-refractivity contribution in [2.24, 2.45) is 5.92 Å². The SMILES string of the molecule is CC(C)[C@H](C)NC(=O)c1ccccc1N1CCC(NC(=O)CCc2ccccc2)CC1. The Morgan fingerprint density at radius 2 is 1.61 bits per heavy atom. The zero-order valence-electron chi connectivity index (χ0n) is 18.9. The summed E-state index contributed by atoms with van der Waals surface area (Å²) in [6, 6.07) is 18.2. The Hall–Kier alpha value is -2.82. The summed E-state index contributed by atoms with van der Waals surface area (Å²) in [5.41, 5.74) is 2.89. The highest BCUT2D eigenvalue weighted by molar-refractivity contribution is 6.00. The molecular weight excluding hydrogens is 386 g/mol. The van der Waals surface area contributed by atoms with Gasteiger partial charge >= 0.3 is 0 Å². The molecule has 1 aliphatic rings. The molecular formula is C26H35N3O2. The molecule has 2 aromatic rings. The van der Waals surface area contributed by atoms with Gasteiger partial charge in [0.1, 0.15) is 0 Å². The zero-order chi connectivity index (χ0) is 22.2. The number of carbonyl (C=O) groups is 2. The van der Waals surface area contributed by atoms with Crippen molar-refractivity contribution in [2.45, 2.75) is 58.5 Å². The van der Waals surface area contributed by atoms with Gasteiger partial charge in [0.15, 0.2) is 0 Å². The van der Waals surface area contributed by atoms with Gasteiger partial charge in [-0.1, -0.05) is 56.3 Å². The van der Waals surface area contributed by atoms with Crippen molar-refractivity contribution >= 4 is 17.5 Å². The maximum atomic E-state index is 12.8. The summed E-state index contributed by atoms with van der Waals surface area (Å²) in [4.78, 5) is 27.5. The second-order valence-electron chi connectivity index (χ2n) is 8.84. The molecule has 1 fully saturated rings. The number of rotatable bonds is 8. The fraction of sp³-hybridized carbons (Fsp3) is 0.462. The first-order valence-electron chi connectivity index (χ1n) is 11.4. The predicted octanol–water partition coefficient (Wildman–Crippen LogP) is 4.18. The summed E-state index contributed by atoms with van der Waals surface area (Å²) in [7, 11) is 0. The molecule has 0 radical (unpaired) electrons.